The van der Waals surface area contributed by atoms with Crippen molar-refractivity contribution in [3.8, 4) is 0 Å². The van der Waals surface area contributed by atoms with Crippen LogP contribution in [0.2, 0.25) is 0 Å². The first kappa shape index (κ1) is 12.9. The number of hydrogen-bond acceptors (Lipinski definition) is 1. The molecule has 3 heteroatoms. The van der Waals surface area contributed by atoms with E-state index in [2.05, 4.69) is 19.9 Å². The molecule has 0 amide bonds. The quantitative estimate of drug-likeness (QED) is 0.864. The number of halogens is 1. The summed E-state index contributed by atoms with van der Waals surface area (Å²) < 4.78 is 13.4. The van der Waals surface area contributed by atoms with Crippen molar-refractivity contribution in [3.63, 3.8) is 0 Å². The lowest BCUT2D eigenvalue weighted by Gasteiger charge is -2.23. The normalized spacial score (nSPS) is 14.0. The molecule has 0 saturated heterocycles. The van der Waals surface area contributed by atoms with Gasteiger partial charge < -0.3 is 4.90 Å². The van der Waals surface area contributed by atoms with Gasteiger partial charge in [0.25, 0.3) is 0 Å². The van der Waals surface area contributed by atoms with E-state index in [1.54, 1.807) is 6.07 Å². The van der Waals surface area contributed by atoms with E-state index < -0.39 is 0 Å². The third-order valence-corrected chi connectivity index (χ3v) is 3.77. The van der Waals surface area contributed by atoms with Crippen LogP contribution in [-0.4, -0.2) is 5.84 Å². The lowest BCUT2D eigenvalue weighted by atomic mass is 10.0. The van der Waals surface area contributed by atoms with Crippen LogP contribution in [0.1, 0.15) is 36.5 Å². The fraction of sp³-hybridized carbons (Fsp3) is 0.235. The lowest BCUT2D eigenvalue weighted by molar-refractivity contribution is 0.627. The minimum Gasteiger partial charge on any atom is -0.322 e. The monoisotopic (exact) mass is 268 g/mol. The van der Waals surface area contributed by atoms with Crippen molar-refractivity contribution in [2.45, 2.75) is 26.3 Å². The van der Waals surface area contributed by atoms with Crippen LogP contribution in [0.5, 0.6) is 0 Å². The van der Waals surface area contributed by atoms with Crippen LogP contribution in [0.25, 0.3) is 0 Å². The predicted octanol–water partition coefficient (Wildman–Crippen LogP) is 4.29. The molecule has 0 saturated carbocycles. The summed E-state index contributed by atoms with van der Waals surface area (Å²) in [5.74, 6) is 0.486. The number of para-hydroxylation sites is 1. The first-order valence-electron chi connectivity index (χ1n) is 6.81. The van der Waals surface area contributed by atoms with Crippen molar-refractivity contribution in [2.75, 3.05) is 4.90 Å². The summed E-state index contributed by atoms with van der Waals surface area (Å²) in [4.78, 5) is 1.96. The number of rotatable bonds is 2. The molecule has 1 heterocycles. The molecule has 0 aliphatic carbocycles. The molecule has 1 N–H and O–H groups in total. The average Bonchev–Trinajstić information content (AvgIpc) is 2.76. The average molecular weight is 268 g/mol. The maximum absolute atomic E-state index is 13.4. The lowest BCUT2D eigenvalue weighted by Crippen LogP contribution is -2.24. The molecule has 102 valence electrons. The molecule has 20 heavy (non-hydrogen) atoms. The fourth-order valence-electron chi connectivity index (χ4n) is 2.73. The Morgan fingerprint density at radius 3 is 2.65 bits per heavy atom. The third kappa shape index (κ3) is 1.99. The second kappa shape index (κ2) is 4.75. The predicted molar refractivity (Wildman–Crippen MR) is 79.9 cm³/mol. The number of anilines is 1. The van der Waals surface area contributed by atoms with Crippen molar-refractivity contribution < 1.29 is 4.39 Å². The Balaban J connectivity index is 2.05. The fourth-order valence-corrected chi connectivity index (χ4v) is 2.73. The summed E-state index contributed by atoms with van der Waals surface area (Å²) in [5.41, 5.74) is 3.97. The van der Waals surface area contributed by atoms with Crippen LogP contribution < -0.4 is 4.90 Å². The molecule has 0 atom stereocenters. The van der Waals surface area contributed by atoms with Gasteiger partial charge in [0, 0.05) is 11.3 Å². The van der Waals surface area contributed by atoms with Crippen molar-refractivity contribution in [3.05, 3.63) is 65.0 Å². The molecule has 0 radical (unpaired) electrons. The topological polar surface area (TPSA) is 27.1 Å². The van der Waals surface area contributed by atoms with Crippen molar-refractivity contribution >= 4 is 11.5 Å². The van der Waals surface area contributed by atoms with Crippen LogP contribution >= 0.6 is 0 Å². The summed E-state index contributed by atoms with van der Waals surface area (Å²) in [6, 6.07) is 12.8. The van der Waals surface area contributed by atoms with Gasteiger partial charge in [-0.15, -0.1) is 0 Å². The molecule has 2 nitrogen and oxygen atoms in total. The minimum absolute atomic E-state index is 0.285. The molecule has 0 spiro atoms. The summed E-state index contributed by atoms with van der Waals surface area (Å²) in [6.07, 6.45) is 0. The zero-order valence-corrected chi connectivity index (χ0v) is 11.7. The number of benzene rings is 2. The second-order valence-corrected chi connectivity index (χ2v) is 5.45. The Kier molecular flexibility index (Phi) is 3.05. The second-order valence-electron chi connectivity index (χ2n) is 5.45. The van der Waals surface area contributed by atoms with E-state index in [1.807, 2.05) is 23.1 Å². The summed E-state index contributed by atoms with van der Waals surface area (Å²) in [5, 5.41) is 8.32. The van der Waals surface area contributed by atoms with Gasteiger partial charge in [-0.1, -0.05) is 38.1 Å². The van der Waals surface area contributed by atoms with Crippen LogP contribution in [0.15, 0.2) is 42.5 Å². The first-order chi connectivity index (χ1) is 9.58. The number of hydrogen-bond donors (Lipinski definition) is 1. The van der Waals surface area contributed by atoms with Gasteiger partial charge in [0.15, 0.2) is 0 Å². The molecule has 2 aromatic rings. The van der Waals surface area contributed by atoms with Gasteiger partial charge in [0.2, 0.25) is 0 Å². The zero-order chi connectivity index (χ0) is 14.3. The molecule has 0 bridgehead atoms. The highest BCUT2D eigenvalue weighted by Gasteiger charge is 2.27. The van der Waals surface area contributed by atoms with Gasteiger partial charge in [-0.25, -0.2) is 4.39 Å². The summed E-state index contributed by atoms with van der Waals surface area (Å²) in [6.45, 7) is 4.93. The Morgan fingerprint density at radius 2 is 1.90 bits per heavy atom. The Labute approximate surface area is 118 Å². The first-order valence-corrected chi connectivity index (χ1v) is 6.81. The number of nitrogens with zero attached hydrogens (tertiary/aromatic N) is 1. The van der Waals surface area contributed by atoms with Crippen LogP contribution in [0.4, 0.5) is 10.1 Å². The SMILES string of the molecule is CC(C)c1ccccc1N1Cc2ccc(F)cc2C1=N. The van der Waals surface area contributed by atoms with Gasteiger partial charge >= 0.3 is 0 Å². The van der Waals surface area contributed by atoms with Gasteiger partial charge in [0.1, 0.15) is 11.7 Å². The summed E-state index contributed by atoms with van der Waals surface area (Å²) in [7, 11) is 0. The summed E-state index contributed by atoms with van der Waals surface area (Å²) >= 11 is 0. The molecule has 1 aliphatic heterocycles. The maximum atomic E-state index is 13.4. The molecule has 3 rings (SSSR count). The minimum atomic E-state index is -0.285. The third-order valence-electron chi connectivity index (χ3n) is 3.77. The molecular formula is C17H17FN2. The highest BCUT2D eigenvalue weighted by molar-refractivity contribution is 6.12. The Hall–Kier alpha value is -2.16. The van der Waals surface area contributed by atoms with E-state index >= 15 is 0 Å². The van der Waals surface area contributed by atoms with Crippen LogP contribution in [0.3, 0.4) is 0 Å². The van der Waals surface area contributed by atoms with Crippen LogP contribution in [-0.2, 0) is 6.54 Å². The van der Waals surface area contributed by atoms with E-state index in [4.69, 9.17) is 5.41 Å². The van der Waals surface area contributed by atoms with E-state index in [-0.39, 0.29) is 5.82 Å². The molecule has 1 aliphatic rings. The molecule has 0 fully saturated rings. The van der Waals surface area contributed by atoms with E-state index in [0.29, 0.717) is 23.9 Å². The van der Waals surface area contributed by atoms with Gasteiger partial charge in [-0.05, 0) is 35.2 Å². The van der Waals surface area contributed by atoms with Gasteiger partial charge in [-0.2, -0.15) is 0 Å². The van der Waals surface area contributed by atoms with E-state index in [1.165, 1.54) is 17.7 Å². The smallest absolute Gasteiger partial charge is 0.133 e. The van der Waals surface area contributed by atoms with Crippen molar-refractivity contribution in [2.24, 2.45) is 0 Å². The largest absolute Gasteiger partial charge is 0.322 e. The number of amidine groups is 1. The number of fused-ring (bicyclic) bond motifs is 1. The maximum Gasteiger partial charge on any atom is 0.133 e. The molecular weight excluding hydrogens is 251 g/mol. The zero-order valence-electron chi connectivity index (χ0n) is 11.7. The number of nitrogens with one attached hydrogen (secondary N) is 1. The van der Waals surface area contributed by atoms with Gasteiger partial charge in [-0.3, -0.25) is 5.41 Å². The molecule has 0 aromatic heterocycles. The molecule has 0 unspecified atom stereocenters. The van der Waals surface area contributed by atoms with Crippen LogP contribution in [0, 0.1) is 11.2 Å². The van der Waals surface area contributed by atoms with Gasteiger partial charge in [0.05, 0.1) is 6.54 Å². The van der Waals surface area contributed by atoms with Crippen molar-refractivity contribution in [1.82, 2.24) is 0 Å². The van der Waals surface area contributed by atoms with Crippen molar-refractivity contribution in [1.29, 1.82) is 5.41 Å². The highest BCUT2D eigenvalue weighted by atomic mass is 19.1. The Bertz CT molecular complexity index is 676. The standard InChI is InChI=1S/C17H17FN2/c1-11(2)14-5-3-4-6-16(14)20-10-12-7-8-13(18)9-15(12)17(20)19/h3-9,11,19H,10H2,1-2H3. The molecule has 2 aromatic carbocycles. The van der Waals surface area contributed by atoms with E-state index in [9.17, 15) is 4.39 Å². The Morgan fingerprint density at radius 1 is 1.15 bits per heavy atom. The van der Waals surface area contributed by atoms with E-state index in [0.717, 1.165) is 11.3 Å². The highest BCUT2D eigenvalue weighted by Crippen LogP contribution is 2.33.